The van der Waals surface area contributed by atoms with Crippen molar-refractivity contribution in [2.45, 2.75) is 19.0 Å². The third-order valence-corrected chi connectivity index (χ3v) is 3.71. The average molecular weight is 352 g/mol. The van der Waals surface area contributed by atoms with E-state index in [9.17, 15) is 18.0 Å². The van der Waals surface area contributed by atoms with Crippen molar-refractivity contribution in [2.24, 2.45) is 5.92 Å². The van der Waals surface area contributed by atoms with E-state index in [-0.39, 0.29) is 36.6 Å². The summed E-state index contributed by atoms with van der Waals surface area (Å²) >= 11 is 0. The molecule has 2 aliphatic heterocycles. The molecule has 9 heteroatoms. The third kappa shape index (κ3) is 6.59. The normalized spacial score (nSPS) is 24.0. The van der Waals surface area contributed by atoms with Gasteiger partial charge in [-0.2, -0.15) is 13.2 Å². The third-order valence-electron chi connectivity index (χ3n) is 3.71. The first-order chi connectivity index (χ1) is 8.96. The van der Waals surface area contributed by atoms with Crippen LogP contribution in [0, 0.1) is 5.92 Å². The number of rotatable bonds is 2. The molecule has 0 bridgehead atoms. The standard InChI is InChI=1S/C12H20F3N3O.2ClH/c13-12(14,15)9-17-4-1-5-18(7-6-17)11(19)10-2-3-16-8-10;;/h10,16H,1-9H2;2*1H. The van der Waals surface area contributed by atoms with Gasteiger partial charge in [0.2, 0.25) is 5.91 Å². The maximum Gasteiger partial charge on any atom is 0.401 e. The summed E-state index contributed by atoms with van der Waals surface area (Å²) in [6.07, 6.45) is -2.71. The van der Waals surface area contributed by atoms with Crippen LogP contribution in [0.25, 0.3) is 0 Å². The van der Waals surface area contributed by atoms with Gasteiger partial charge >= 0.3 is 6.18 Å². The highest BCUT2D eigenvalue weighted by molar-refractivity contribution is 5.85. The highest BCUT2D eigenvalue weighted by Gasteiger charge is 2.33. The summed E-state index contributed by atoms with van der Waals surface area (Å²) in [5.74, 6) is 0.105. The SMILES string of the molecule is Cl.Cl.O=C(C1CCNC1)N1CCCN(CC(F)(F)F)CC1. The summed E-state index contributed by atoms with van der Waals surface area (Å²) in [5, 5.41) is 3.14. The molecule has 2 aliphatic rings. The van der Waals surface area contributed by atoms with Crippen molar-refractivity contribution in [3.8, 4) is 0 Å². The lowest BCUT2D eigenvalue weighted by Gasteiger charge is -2.24. The molecule has 0 radical (unpaired) electrons. The fraction of sp³-hybridized carbons (Fsp3) is 0.917. The van der Waals surface area contributed by atoms with Crippen LogP contribution in [-0.2, 0) is 4.79 Å². The lowest BCUT2D eigenvalue weighted by Crippen LogP contribution is -2.41. The average Bonchev–Trinajstić information content (AvgIpc) is 2.75. The van der Waals surface area contributed by atoms with Gasteiger partial charge in [-0.15, -0.1) is 24.8 Å². The summed E-state index contributed by atoms with van der Waals surface area (Å²) in [6, 6.07) is 0. The Kier molecular flexibility index (Phi) is 8.92. The van der Waals surface area contributed by atoms with Crippen molar-refractivity contribution in [3.63, 3.8) is 0 Å². The van der Waals surface area contributed by atoms with Gasteiger partial charge in [0.15, 0.2) is 0 Å². The molecule has 0 spiro atoms. The topological polar surface area (TPSA) is 35.6 Å². The summed E-state index contributed by atoms with van der Waals surface area (Å²) < 4.78 is 37.0. The number of hydrogen-bond acceptors (Lipinski definition) is 3. The van der Waals surface area contributed by atoms with Crippen LogP contribution in [0.4, 0.5) is 13.2 Å². The van der Waals surface area contributed by atoms with Crippen LogP contribution < -0.4 is 5.32 Å². The Bertz CT molecular complexity index is 325. The second-order valence-electron chi connectivity index (χ2n) is 5.26. The minimum Gasteiger partial charge on any atom is -0.341 e. The molecule has 2 fully saturated rings. The lowest BCUT2D eigenvalue weighted by molar-refractivity contribution is -0.145. The highest BCUT2D eigenvalue weighted by Crippen LogP contribution is 2.18. The van der Waals surface area contributed by atoms with Crippen LogP contribution in [0.3, 0.4) is 0 Å². The first-order valence-corrected chi connectivity index (χ1v) is 6.74. The molecule has 2 saturated heterocycles. The molecule has 4 nitrogen and oxygen atoms in total. The highest BCUT2D eigenvalue weighted by atomic mass is 35.5. The molecular formula is C12H22Cl2F3N3O. The minimum atomic E-state index is -4.16. The lowest BCUT2D eigenvalue weighted by atomic mass is 10.1. The molecule has 0 aromatic carbocycles. The minimum absolute atomic E-state index is 0. The van der Waals surface area contributed by atoms with Gasteiger partial charge in [-0.05, 0) is 19.4 Å². The molecule has 0 aliphatic carbocycles. The summed E-state index contributed by atoms with van der Waals surface area (Å²) in [4.78, 5) is 15.3. The van der Waals surface area contributed by atoms with E-state index in [1.807, 2.05) is 0 Å². The predicted molar refractivity (Wildman–Crippen MR) is 79.2 cm³/mol. The van der Waals surface area contributed by atoms with Crippen molar-refractivity contribution < 1.29 is 18.0 Å². The van der Waals surface area contributed by atoms with E-state index in [2.05, 4.69) is 5.32 Å². The maximum atomic E-state index is 12.3. The predicted octanol–water partition coefficient (Wildman–Crippen LogP) is 1.54. The quantitative estimate of drug-likeness (QED) is 0.819. The molecule has 2 heterocycles. The van der Waals surface area contributed by atoms with Gasteiger partial charge in [-0.1, -0.05) is 0 Å². The zero-order valence-electron chi connectivity index (χ0n) is 11.7. The summed E-state index contributed by atoms with van der Waals surface area (Å²) in [6.45, 7) is 2.37. The van der Waals surface area contributed by atoms with Crippen LogP contribution in [0.15, 0.2) is 0 Å². The Morgan fingerprint density at radius 2 is 1.86 bits per heavy atom. The number of amides is 1. The zero-order chi connectivity index (χ0) is 13.9. The van der Waals surface area contributed by atoms with E-state index >= 15 is 0 Å². The Hall–Kier alpha value is -0.240. The molecule has 126 valence electrons. The smallest absolute Gasteiger partial charge is 0.341 e. The zero-order valence-corrected chi connectivity index (χ0v) is 13.3. The Morgan fingerprint density at radius 1 is 1.14 bits per heavy atom. The number of nitrogens with one attached hydrogen (secondary N) is 1. The van der Waals surface area contributed by atoms with Gasteiger partial charge in [0.1, 0.15) is 0 Å². The van der Waals surface area contributed by atoms with Crippen LogP contribution in [0.5, 0.6) is 0 Å². The van der Waals surface area contributed by atoms with Crippen LogP contribution in [0.2, 0.25) is 0 Å². The van der Waals surface area contributed by atoms with Crippen molar-refractivity contribution in [3.05, 3.63) is 0 Å². The van der Waals surface area contributed by atoms with Gasteiger partial charge in [-0.25, -0.2) is 0 Å². The van der Waals surface area contributed by atoms with Crippen LogP contribution in [-0.4, -0.2) is 67.7 Å². The molecule has 0 aromatic rings. The van der Waals surface area contributed by atoms with Crippen molar-refractivity contribution >= 4 is 30.7 Å². The molecule has 0 aromatic heterocycles. The Labute approximate surface area is 135 Å². The molecule has 21 heavy (non-hydrogen) atoms. The first kappa shape index (κ1) is 20.8. The van der Waals surface area contributed by atoms with Crippen molar-refractivity contribution in [1.82, 2.24) is 15.1 Å². The molecule has 1 amide bonds. The summed E-state index contributed by atoms with van der Waals surface area (Å²) in [7, 11) is 0. The molecule has 2 rings (SSSR count). The number of hydrogen-bond donors (Lipinski definition) is 1. The van der Waals surface area contributed by atoms with Crippen molar-refractivity contribution in [1.29, 1.82) is 0 Å². The van der Waals surface area contributed by atoms with Gasteiger partial charge in [0, 0.05) is 32.7 Å². The number of carbonyl (C=O) groups excluding carboxylic acids is 1. The van der Waals surface area contributed by atoms with Gasteiger partial charge in [-0.3, -0.25) is 9.69 Å². The van der Waals surface area contributed by atoms with Gasteiger partial charge in [0.25, 0.3) is 0 Å². The maximum absolute atomic E-state index is 12.3. The monoisotopic (exact) mass is 351 g/mol. The molecular weight excluding hydrogens is 330 g/mol. The number of carbonyl (C=O) groups is 1. The fourth-order valence-electron chi connectivity index (χ4n) is 2.73. The van der Waals surface area contributed by atoms with E-state index in [4.69, 9.17) is 0 Å². The first-order valence-electron chi connectivity index (χ1n) is 6.74. The number of nitrogens with zero attached hydrogens (tertiary/aromatic N) is 2. The molecule has 1 N–H and O–H groups in total. The van der Waals surface area contributed by atoms with E-state index < -0.39 is 12.7 Å². The van der Waals surface area contributed by atoms with Crippen molar-refractivity contribution in [2.75, 3.05) is 45.8 Å². The van der Waals surface area contributed by atoms with Gasteiger partial charge in [0.05, 0.1) is 12.5 Å². The Morgan fingerprint density at radius 3 is 2.43 bits per heavy atom. The van der Waals surface area contributed by atoms with E-state index in [1.54, 1.807) is 4.90 Å². The van der Waals surface area contributed by atoms with E-state index in [0.29, 0.717) is 39.1 Å². The van der Waals surface area contributed by atoms with Crippen LogP contribution in [0.1, 0.15) is 12.8 Å². The number of alkyl halides is 3. The second kappa shape index (κ2) is 9.02. The Balaban J connectivity index is 0.00000200. The van der Waals surface area contributed by atoms with Crippen LogP contribution >= 0.6 is 24.8 Å². The largest absolute Gasteiger partial charge is 0.401 e. The van der Waals surface area contributed by atoms with E-state index in [0.717, 1.165) is 13.0 Å². The fourth-order valence-corrected chi connectivity index (χ4v) is 2.73. The molecule has 0 saturated carbocycles. The molecule has 1 unspecified atom stereocenters. The molecule has 1 atom stereocenters. The summed E-state index contributed by atoms with van der Waals surface area (Å²) in [5.41, 5.74) is 0. The second-order valence-corrected chi connectivity index (χ2v) is 5.26. The number of halogens is 5. The van der Waals surface area contributed by atoms with Gasteiger partial charge < -0.3 is 10.2 Å². The van der Waals surface area contributed by atoms with E-state index in [1.165, 1.54) is 4.90 Å².